The van der Waals surface area contributed by atoms with E-state index in [-0.39, 0.29) is 0 Å². The molecule has 0 atom stereocenters. The lowest BCUT2D eigenvalue weighted by atomic mass is 10.00. The van der Waals surface area contributed by atoms with Gasteiger partial charge in [-0.1, -0.05) is 127 Å². The second-order valence-corrected chi connectivity index (χ2v) is 14.6. The van der Waals surface area contributed by atoms with Crippen molar-refractivity contribution in [2.45, 2.75) is 0 Å². The van der Waals surface area contributed by atoms with Gasteiger partial charge < -0.3 is 0 Å². The predicted molar refractivity (Wildman–Crippen MR) is 213 cm³/mol. The first-order chi connectivity index (χ1) is 24.7. The van der Waals surface area contributed by atoms with Gasteiger partial charge in [0.1, 0.15) is 0 Å². The zero-order valence-corrected chi connectivity index (χ0v) is 28.4. The van der Waals surface area contributed by atoms with Gasteiger partial charge in [-0.05, 0) is 69.2 Å². The van der Waals surface area contributed by atoms with Crippen molar-refractivity contribution in [2.24, 2.45) is 0 Å². The summed E-state index contributed by atoms with van der Waals surface area (Å²) >= 11 is 3.60. The van der Waals surface area contributed by atoms with E-state index < -0.39 is 0 Å². The van der Waals surface area contributed by atoms with Gasteiger partial charge >= 0.3 is 0 Å². The molecule has 5 heteroatoms. The lowest BCUT2D eigenvalue weighted by Gasteiger charge is -2.10. The molecule has 0 aliphatic heterocycles. The molecular weight excluding hydrogens is 647 g/mol. The third kappa shape index (κ3) is 5.07. The van der Waals surface area contributed by atoms with E-state index in [1.54, 1.807) is 11.3 Å². The van der Waals surface area contributed by atoms with Crippen molar-refractivity contribution in [3.8, 4) is 55.7 Å². The molecule has 50 heavy (non-hydrogen) atoms. The van der Waals surface area contributed by atoms with E-state index in [0.717, 1.165) is 22.1 Å². The molecule has 7 aromatic carbocycles. The highest BCUT2D eigenvalue weighted by atomic mass is 32.1. The molecule has 0 spiro atoms. The minimum absolute atomic E-state index is 0.658. The molecule has 0 fully saturated rings. The highest BCUT2D eigenvalue weighted by molar-refractivity contribution is 7.26. The molecule has 0 radical (unpaired) electrons. The number of aromatic nitrogens is 3. The minimum Gasteiger partial charge on any atom is -0.208 e. The number of fused-ring (bicyclic) bond motifs is 5. The van der Waals surface area contributed by atoms with Crippen LogP contribution in [0.2, 0.25) is 0 Å². The van der Waals surface area contributed by atoms with E-state index in [0.29, 0.717) is 17.5 Å². The van der Waals surface area contributed by atoms with Crippen LogP contribution in [0.15, 0.2) is 164 Å². The molecular formula is C45H27N3S2. The van der Waals surface area contributed by atoms with E-state index in [4.69, 9.17) is 15.0 Å². The number of thiophene rings is 2. The molecule has 0 aliphatic carbocycles. The molecule has 3 nitrogen and oxygen atoms in total. The summed E-state index contributed by atoms with van der Waals surface area (Å²) in [6.45, 7) is 0. The maximum Gasteiger partial charge on any atom is 0.165 e. The van der Waals surface area contributed by atoms with E-state index in [9.17, 15) is 0 Å². The Morgan fingerprint density at radius 2 is 0.960 bits per heavy atom. The Hall–Kier alpha value is -6.01. The summed E-state index contributed by atoms with van der Waals surface area (Å²) in [5, 5.41) is 6.07. The van der Waals surface area contributed by atoms with Crippen LogP contribution in [0.25, 0.3) is 96.8 Å². The number of hydrogen-bond donors (Lipinski definition) is 0. The number of benzene rings is 7. The standard InChI is InChI=1S/C45H27N3S2/c1-2-9-28(10-3-1)31-21-22-33-26-35(24-23-32(33)25-31)44-46-43(30-19-17-29(18-20-30)41-27-34-11-4-6-15-39(34)49-41)47-45(48-44)38-14-8-13-37-36-12-5-7-16-40(36)50-42(37)38/h1-27H. The first kappa shape index (κ1) is 29.0. The highest BCUT2D eigenvalue weighted by Crippen LogP contribution is 2.40. The largest absolute Gasteiger partial charge is 0.208 e. The van der Waals surface area contributed by atoms with Gasteiger partial charge in [-0.15, -0.1) is 22.7 Å². The lowest BCUT2D eigenvalue weighted by Crippen LogP contribution is -2.00. The Bertz CT molecular complexity index is 2840. The summed E-state index contributed by atoms with van der Waals surface area (Å²) in [4.78, 5) is 16.7. The third-order valence-corrected chi connectivity index (χ3v) is 11.7. The fourth-order valence-electron chi connectivity index (χ4n) is 6.78. The fraction of sp³-hybridized carbons (Fsp3) is 0. The van der Waals surface area contributed by atoms with Crippen molar-refractivity contribution < 1.29 is 0 Å². The SMILES string of the molecule is c1ccc(-c2ccc3cc(-c4nc(-c5ccc(-c6cc7ccccc7s6)cc5)nc(-c5cccc6c5sc5ccccc56)n4)ccc3c2)cc1. The summed E-state index contributed by atoms with van der Waals surface area (Å²) in [5.41, 5.74) is 6.52. The van der Waals surface area contributed by atoms with Crippen LogP contribution in [0.3, 0.4) is 0 Å². The Morgan fingerprint density at radius 1 is 0.340 bits per heavy atom. The van der Waals surface area contributed by atoms with Gasteiger partial charge in [0.05, 0.1) is 0 Å². The second-order valence-electron chi connectivity index (χ2n) is 12.5. The fourth-order valence-corrected chi connectivity index (χ4v) is 9.06. The van der Waals surface area contributed by atoms with Gasteiger partial charge in [0.15, 0.2) is 17.5 Å². The number of nitrogens with zero attached hydrogens (tertiary/aromatic N) is 3. The van der Waals surface area contributed by atoms with Gasteiger partial charge in [0.2, 0.25) is 0 Å². The van der Waals surface area contributed by atoms with Crippen LogP contribution in [0.1, 0.15) is 0 Å². The molecule has 0 saturated carbocycles. The van der Waals surface area contributed by atoms with E-state index >= 15 is 0 Å². The van der Waals surface area contributed by atoms with Gasteiger partial charge in [0.25, 0.3) is 0 Å². The van der Waals surface area contributed by atoms with Gasteiger partial charge in [-0.3, -0.25) is 0 Å². The summed E-state index contributed by atoms with van der Waals surface area (Å²) in [7, 11) is 0. The predicted octanol–water partition coefficient (Wildman–Crippen LogP) is 12.9. The summed E-state index contributed by atoms with van der Waals surface area (Å²) in [6.07, 6.45) is 0. The molecule has 3 heterocycles. The zero-order chi connectivity index (χ0) is 33.0. The number of hydrogen-bond acceptors (Lipinski definition) is 5. The Balaban J connectivity index is 1.11. The summed E-state index contributed by atoms with van der Waals surface area (Å²) in [6, 6.07) is 58.1. The Labute approximate surface area is 296 Å². The zero-order valence-electron chi connectivity index (χ0n) is 26.7. The molecule has 0 amide bonds. The van der Waals surface area contributed by atoms with Crippen LogP contribution in [-0.4, -0.2) is 15.0 Å². The molecule has 0 unspecified atom stereocenters. The van der Waals surface area contributed by atoms with Crippen LogP contribution in [0.4, 0.5) is 0 Å². The average molecular weight is 674 g/mol. The van der Waals surface area contributed by atoms with E-state index in [1.165, 1.54) is 57.2 Å². The molecule has 10 aromatic rings. The van der Waals surface area contributed by atoms with E-state index in [2.05, 4.69) is 164 Å². The first-order valence-electron chi connectivity index (χ1n) is 16.6. The monoisotopic (exact) mass is 673 g/mol. The van der Waals surface area contributed by atoms with Crippen molar-refractivity contribution in [3.05, 3.63) is 164 Å². The third-order valence-electron chi connectivity index (χ3n) is 9.34. The van der Waals surface area contributed by atoms with Crippen molar-refractivity contribution in [1.82, 2.24) is 15.0 Å². The molecule has 10 rings (SSSR count). The van der Waals surface area contributed by atoms with Crippen molar-refractivity contribution in [1.29, 1.82) is 0 Å². The van der Waals surface area contributed by atoms with Crippen LogP contribution in [0, 0.1) is 0 Å². The molecule has 0 bridgehead atoms. The molecule has 0 saturated heterocycles. The lowest BCUT2D eigenvalue weighted by molar-refractivity contribution is 1.08. The van der Waals surface area contributed by atoms with Gasteiger partial charge in [-0.25, -0.2) is 15.0 Å². The Kier molecular flexibility index (Phi) is 6.86. The average Bonchev–Trinajstić information content (AvgIpc) is 3.80. The second kappa shape index (κ2) is 11.8. The Morgan fingerprint density at radius 3 is 1.78 bits per heavy atom. The van der Waals surface area contributed by atoms with Crippen LogP contribution in [-0.2, 0) is 0 Å². The van der Waals surface area contributed by atoms with Crippen LogP contribution in [0.5, 0.6) is 0 Å². The van der Waals surface area contributed by atoms with E-state index in [1.807, 2.05) is 11.3 Å². The topological polar surface area (TPSA) is 38.7 Å². The molecule has 3 aromatic heterocycles. The summed E-state index contributed by atoms with van der Waals surface area (Å²) in [5.74, 6) is 1.99. The smallest absolute Gasteiger partial charge is 0.165 e. The van der Waals surface area contributed by atoms with Crippen molar-refractivity contribution in [2.75, 3.05) is 0 Å². The highest BCUT2D eigenvalue weighted by Gasteiger charge is 2.17. The van der Waals surface area contributed by atoms with Gasteiger partial charge in [-0.2, -0.15) is 0 Å². The normalized spacial score (nSPS) is 11.6. The maximum atomic E-state index is 5.17. The van der Waals surface area contributed by atoms with Crippen LogP contribution < -0.4 is 0 Å². The molecule has 234 valence electrons. The number of rotatable bonds is 5. The maximum absolute atomic E-state index is 5.17. The summed E-state index contributed by atoms with van der Waals surface area (Å²) < 4.78 is 3.73. The minimum atomic E-state index is 0.658. The quantitative estimate of drug-likeness (QED) is 0.182. The van der Waals surface area contributed by atoms with Crippen molar-refractivity contribution in [3.63, 3.8) is 0 Å². The van der Waals surface area contributed by atoms with Crippen molar-refractivity contribution >= 4 is 63.7 Å². The van der Waals surface area contributed by atoms with Crippen LogP contribution >= 0.6 is 22.7 Å². The van der Waals surface area contributed by atoms with Gasteiger partial charge in [0, 0.05) is 46.4 Å². The first-order valence-corrected chi connectivity index (χ1v) is 18.2. The molecule has 0 N–H and O–H groups in total. The molecule has 0 aliphatic rings.